The van der Waals surface area contributed by atoms with E-state index in [4.69, 9.17) is 4.74 Å². The van der Waals surface area contributed by atoms with Crippen molar-refractivity contribution in [2.45, 2.75) is 17.9 Å². The van der Waals surface area contributed by atoms with Crippen LogP contribution in [0, 0.1) is 0 Å². The van der Waals surface area contributed by atoms with Gasteiger partial charge in [0.05, 0.1) is 18.0 Å². The van der Waals surface area contributed by atoms with E-state index in [1.165, 1.54) is 26.2 Å². The summed E-state index contributed by atoms with van der Waals surface area (Å²) in [5, 5.41) is 2.66. The molecule has 2 N–H and O–H groups in total. The number of methoxy groups -OCH3 is 1. The van der Waals surface area contributed by atoms with Gasteiger partial charge in [-0.25, -0.2) is 8.42 Å². The third-order valence-electron chi connectivity index (χ3n) is 3.19. The first kappa shape index (κ1) is 18.4. The van der Waals surface area contributed by atoms with Gasteiger partial charge in [0.25, 0.3) is 0 Å². The Labute approximate surface area is 149 Å². The molecule has 0 aliphatic carbocycles. The first-order valence-corrected chi connectivity index (χ1v) is 9.32. The van der Waals surface area contributed by atoms with Crippen LogP contribution < -0.4 is 14.8 Å². The van der Waals surface area contributed by atoms with Crippen LogP contribution >= 0.6 is 15.9 Å². The summed E-state index contributed by atoms with van der Waals surface area (Å²) in [6.07, 6.45) is 0. The van der Waals surface area contributed by atoms with Crippen molar-refractivity contribution in [1.82, 2.24) is 4.72 Å². The number of sulfonamides is 1. The van der Waals surface area contributed by atoms with E-state index in [0.29, 0.717) is 11.4 Å². The van der Waals surface area contributed by atoms with Gasteiger partial charge in [-0.15, -0.1) is 0 Å². The number of amides is 1. The van der Waals surface area contributed by atoms with Crippen LogP contribution in [0.4, 0.5) is 5.69 Å². The third-order valence-corrected chi connectivity index (χ3v) is 5.24. The molecule has 0 saturated carbocycles. The van der Waals surface area contributed by atoms with Gasteiger partial charge in [0.2, 0.25) is 15.9 Å². The molecule has 1 atom stereocenters. The number of nitrogens with one attached hydrogen (secondary N) is 2. The number of hydrogen-bond donors (Lipinski definition) is 2. The molecule has 0 aliphatic heterocycles. The normalized spacial score (nSPS) is 12.5. The molecule has 0 aromatic heterocycles. The highest BCUT2D eigenvalue weighted by Gasteiger charge is 2.22. The van der Waals surface area contributed by atoms with Crippen LogP contribution in [-0.2, 0) is 14.8 Å². The quantitative estimate of drug-likeness (QED) is 0.763. The molecule has 2 rings (SSSR count). The second-order valence-electron chi connectivity index (χ2n) is 5.02. The van der Waals surface area contributed by atoms with Gasteiger partial charge in [0.15, 0.2) is 0 Å². The lowest BCUT2D eigenvalue weighted by Gasteiger charge is -2.15. The fraction of sp³-hybridized carbons (Fsp3) is 0.188. The maximum atomic E-state index is 12.3. The highest BCUT2D eigenvalue weighted by atomic mass is 79.9. The predicted molar refractivity (Wildman–Crippen MR) is 95.5 cm³/mol. The topological polar surface area (TPSA) is 84.5 Å². The van der Waals surface area contributed by atoms with E-state index >= 15 is 0 Å². The molecule has 2 aromatic rings. The maximum Gasteiger partial charge on any atom is 0.242 e. The largest absolute Gasteiger partial charge is 0.497 e. The van der Waals surface area contributed by atoms with Gasteiger partial charge < -0.3 is 10.1 Å². The summed E-state index contributed by atoms with van der Waals surface area (Å²) >= 11 is 3.31. The lowest BCUT2D eigenvalue weighted by atomic mass is 10.3. The molecular weight excluding hydrogens is 396 g/mol. The lowest BCUT2D eigenvalue weighted by Crippen LogP contribution is -2.41. The fourth-order valence-electron chi connectivity index (χ4n) is 1.93. The highest BCUT2D eigenvalue weighted by molar-refractivity contribution is 9.10. The zero-order valence-electron chi connectivity index (χ0n) is 13.1. The van der Waals surface area contributed by atoms with E-state index in [-0.39, 0.29) is 4.90 Å². The molecule has 2 aromatic carbocycles. The van der Waals surface area contributed by atoms with Crippen LogP contribution in [0.2, 0.25) is 0 Å². The summed E-state index contributed by atoms with van der Waals surface area (Å²) in [6, 6.07) is 12.0. The second kappa shape index (κ2) is 7.78. The molecule has 0 radical (unpaired) electrons. The van der Waals surface area contributed by atoms with Crippen molar-refractivity contribution in [2.75, 3.05) is 12.4 Å². The summed E-state index contributed by atoms with van der Waals surface area (Å²) in [5.41, 5.74) is 0.574. The molecule has 0 bridgehead atoms. The third kappa shape index (κ3) is 4.80. The van der Waals surface area contributed by atoms with E-state index < -0.39 is 22.0 Å². The number of carbonyl (C=O) groups is 1. The Morgan fingerprint density at radius 3 is 2.42 bits per heavy atom. The van der Waals surface area contributed by atoms with Gasteiger partial charge in [-0.05, 0) is 49.4 Å². The Bertz CT molecular complexity index is 822. The first-order chi connectivity index (χ1) is 11.3. The summed E-state index contributed by atoms with van der Waals surface area (Å²) in [4.78, 5) is 12.2. The van der Waals surface area contributed by atoms with E-state index in [2.05, 4.69) is 26.0 Å². The number of rotatable bonds is 6. The molecule has 0 spiro atoms. The molecule has 0 heterocycles. The molecule has 0 unspecified atom stereocenters. The number of anilines is 1. The van der Waals surface area contributed by atoms with Gasteiger partial charge in [0, 0.05) is 10.2 Å². The van der Waals surface area contributed by atoms with Gasteiger partial charge in [-0.2, -0.15) is 4.72 Å². The SMILES string of the molecule is COc1ccc(S(=O)(=O)N[C@@H](C)C(=O)Nc2cccc(Br)c2)cc1. The van der Waals surface area contributed by atoms with Crippen molar-refractivity contribution < 1.29 is 17.9 Å². The van der Waals surface area contributed by atoms with Gasteiger partial charge in [-0.1, -0.05) is 22.0 Å². The van der Waals surface area contributed by atoms with E-state index in [1.54, 1.807) is 30.3 Å². The van der Waals surface area contributed by atoms with Crippen LogP contribution in [-0.4, -0.2) is 27.5 Å². The second-order valence-corrected chi connectivity index (χ2v) is 7.65. The van der Waals surface area contributed by atoms with Crippen LogP contribution in [0.25, 0.3) is 0 Å². The summed E-state index contributed by atoms with van der Waals surface area (Å²) < 4.78 is 32.8. The molecule has 24 heavy (non-hydrogen) atoms. The monoisotopic (exact) mass is 412 g/mol. The van der Waals surface area contributed by atoms with Crippen molar-refractivity contribution >= 4 is 37.5 Å². The Kier molecular flexibility index (Phi) is 5.98. The minimum absolute atomic E-state index is 0.0606. The average Bonchev–Trinajstić information content (AvgIpc) is 2.54. The minimum Gasteiger partial charge on any atom is -0.497 e. The van der Waals surface area contributed by atoms with Gasteiger partial charge >= 0.3 is 0 Å². The zero-order chi connectivity index (χ0) is 17.7. The molecule has 8 heteroatoms. The zero-order valence-corrected chi connectivity index (χ0v) is 15.5. The molecule has 0 fully saturated rings. The number of hydrogen-bond acceptors (Lipinski definition) is 4. The van der Waals surface area contributed by atoms with E-state index in [1.807, 2.05) is 6.07 Å². The molecule has 6 nitrogen and oxygen atoms in total. The Hall–Kier alpha value is -1.90. The van der Waals surface area contributed by atoms with Gasteiger partial charge in [-0.3, -0.25) is 4.79 Å². The van der Waals surface area contributed by atoms with Crippen molar-refractivity contribution in [3.05, 3.63) is 53.0 Å². The average molecular weight is 413 g/mol. The van der Waals surface area contributed by atoms with Gasteiger partial charge in [0.1, 0.15) is 5.75 Å². The molecule has 128 valence electrons. The number of benzene rings is 2. The standard InChI is InChI=1S/C16H17BrN2O4S/c1-11(16(20)18-13-5-3-4-12(17)10-13)19-24(21,22)15-8-6-14(23-2)7-9-15/h3-11,19H,1-2H3,(H,18,20)/t11-/m0/s1. The van der Waals surface area contributed by atoms with Crippen LogP contribution in [0.1, 0.15) is 6.92 Å². The molecule has 0 aliphatic rings. The molecule has 1 amide bonds. The number of ether oxygens (including phenoxy) is 1. The minimum atomic E-state index is -3.81. The number of carbonyl (C=O) groups excluding carboxylic acids is 1. The van der Waals surface area contributed by atoms with Crippen LogP contribution in [0.5, 0.6) is 5.75 Å². The highest BCUT2D eigenvalue weighted by Crippen LogP contribution is 2.17. The van der Waals surface area contributed by atoms with Crippen LogP contribution in [0.15, 0.2) is 57.9 Å². The summed E-state index contributed by atoms with van der Waals surface area (Å²) in [6.45, 7) is 1.48. The number of halogens is 1. The predicted octanol–water partition coefficient (Wildman–Crippen LogP) is 2.76. The molecule has 0 saturated heterocycles. The van der Waals surface area contributed by atoms with Crippen molar-refractivity contribution in [2.24, 2.45) is 0 Å². The Morgan fingerprint density at radius 2 is 1.83 bits per heavy atom. The van der Waals surface area contributed by atoms with E-state index in [9.17, 15) is 13.2 Å². The molecular formula is C16H17BrN2O4S. The van der Waals surface area contributed by atoms with E-state index in [0.717, 1.165) is 4.47 Å². The Balaban J connectivity index is 2.06. The van der Waals surface area contributed by atoms with Crippen molar-refractivity contribution in [1.29, 1.82) is 0 Å². The lowest BCUT2D eigenvalue weighted by molar-refractivity contribution is -0.117. The summed E-state index contributed by atoms with van der Waals surface area (Å²) in [5.74, 6) is 0.0968. The smallest absolute Gasteiger partial charge is 0.242 e. The van der Waals surface area contributed by atoms with Crippen molar-refractivity contribution in [3.63, 3.8) is 0 Å². The maximum absolute atomic E-state index is 12.3. The fourth-order valence-corrected chi connectivity index (χ4v) is 3.53. The first-order valence-electron chi connectivity index (χ1n) is 7.04. The van der Waals surface area contributed by atoms with Crippen molar-refractivity contribution in [3.8, 4) is 5.75 Å². The van der Waals surface area contributed by atoms with Crippen LogP contribution in [0.3, 0.4) is 0 Å². The summed E-state index contributed by atoms with van der Waals surface area (Å²) in [7, 11) is -2.31. The Morgan fingerprint density at radius 1 is 1.17 bits per heavy atom.